The first-order valence-corrected chi connectivity index (χ1v) is 6.53. The number of aryl methyl sites for hydroxylation is 1. The fourth-order valence-corrected chi connectivity index (χ4v) is 3.01. The number of rotatable bonds is 2. The summed E-state index contributed by atoms with van der Waals surface area (Å²) in [5.41, 5.74) is 4.03. The first kappa shape index (κ1) is 11.6. The van der Waals surface area contributed by atoms with Crippen molar-refractivity contribution in [2.45, 2.75) is 25.3 Å². The summed E-state index contributed by atoms with van der Waals surface area (Å²) in [5.74, 6) is 0.948. The quantitative estimate of drug-likeness (QED) is 0.879. The number of nitrogens with one attached hydrogen (secondary N) is 1. The number of methoxy groups -OCH3 is 1. The minimum atomic E-state index is 0.655. The van der Waals surface area contributed by atoms with Gasteiger partial charge in [-0.3, -0.25) is 0 Å². The number of para-hydroxylation sites is 1. The molecule has 0 spiro atoms. The third kappa shape index (κ3) is 1.70. The Hall–Kier alpha value is -1.48. The number of likely N-dealkylation sites (N-methyl/N-ethyl adjacent to an activating group) is 1. The molecular formula is C15H20N2O. The number of ether oxygens (including phenoxy) is 1. The molecule has 1 aliphatic rings. The molecule has 1 aromatic carbocycles. The van der Waals surface area contributed by atoms with Crippen LogP contribution in [-0.2, 0) is 12.8 Å². The first-order chi connectivity index (χ1) is 8.70. The molecule has 3 rings (SSSR count). The fraction of sp³-hybridized carbons (Fsp3) is 0.467. The zero-order valence-corrected chi connectivity index (χ0v) is 11.3. The van der Waals surface area contributed by atoms with Crippen LogP contribution in [-0.4, -0.2) is 37.1 Å². The Balaban J connectivity index is 2.11. The average molecular weight is 244 g/mol. The highest BCUT2D eigenvalue weighted by atomic mass is 16.5. The van der Waals surface area contributed by atoms with Crippen LogP contribution in [0.5, 0.6) is 5.75 Å². The number of hydrogen-bond acceptors (Lipinski definition) is 2. The largest absolute Gasteiger partial charge is 0.495 e. The van der Waals surface area contributed by atoms with E-state index >= 15 is 0 Å². The predicted molar refractivity (Wildman–Crippen MR) is 74.4 cm³/mol. The van der Waals surface area contributed by atoms with Gasteiger partial charge in [0.15, 0.2) is 0 Å². The molecule has 3 heteroatoms. The molecule has 3 nitrogen and oxygen atoms in total. The van der Waals surface area contributed by atoms with Crippen LogP contribution in [0.2, 0.25) is 0 Å². The molecule has 1 N–H and O–H groups in total. The highest BCUT2D eigenvalue weighted by Gasteiger charge is 2.24. The summed E-state index contributed by atoms with van der Waals surface area (Å²) < 4.78 is 5.44. The molecule has 18 heavy (non-hydrogen) atoms. The monoisotopic (exact) mass is 244 g/mol. The summed E-state index contributed by atoms with van der Waals surface area (Å²) in [6.07, 6.45) is 3.50. The molecule has 0 unspecified atom stereocenters. The molecule has 0 bridgehead atoms. The molecule has 1 atom stereocenters. The number of aromatic amines is 1. The number of benzene rings is 1. The lowest BCUT2D eigenvalue weighted by Gasteiger charge is -2.28. The van der Waals surface area contributed by atoms with Crippen LogP contribution in [0.3, 0.4) is 0 Å². The second-order valence-electron chi connectivity index (χ2n) is 5.33. The molecule has 1 aliphatic carbocycles. The van der Waals surface area contributed by atoms with E-state index in [1.54, 1.807) is 7.11 Å². The van der Waals surface area contributed by atoms with E-state index in [1.165, 1.54) is 23.1 Å². The van der Waals surface area contributed by atoms with Gasteiger partial charge in [-0.2, -0.15) is 0 Å². The minimum absolute atomic E-state index is 0.655. The molecule has 0 fully saturated rings. The van der Waals surface area contributed by atoms with Crippen LogP contribution in [0.15, 0.2) is 18.2 Å². The fourth-order valence-electron chi connectivity index (χ4n) is 3.01. The smallest absolute Gasteiger partial charge is 0.142 e. The summed E-state index contributed by atoms with van der Waals surface area (Å²) in [6.45, 7) is 0. The molecule has 0 amide bonds. The minimum Gasteiger partial charge on any atom is -0.495 e. The van der Waals surface area contributed by atoms with Crippen molar-refractivity contribution >= 4 is 10.9 Å². The Morgan fingerprint density at radius 1 is 1.33 bits per heavy atom. The van der Waals surface area contributed by atoms with Gasteiger partial charge in [-0.25, -0.2) is 0 Å². The molecule has 96 valence electrons. The van der Waals surface area contributed by atoms with E-state index in [-0.39, 0.29) is 0 Å². The van der Waals surface area contributed by atoms with Gasteiger partial charge in [0.2, 0.25) is 0 Å². The lowest BCUT2D eigenvalue weighted by molar-refractivity contribution is 0.268. The molecule has 2 aromatic rings. The number of aromatic nitrogens is 1. The zero-order chi connectivity index (χ0) is 12.7. The van der Waals surface area contributed by atoms with Crippen molar-refractivity contribution in [2.24, 2.45) is 0 Å². The highest BCUT2D eigenvalue weighted by molar-refractivity contribution is 5.89. The lowest BCUT2D eigenvalue weighted by atomic mass is 9.91. The Bertz CT molecular complexity index is 571. The van der Waals surface area contributed by atoms with Crippen molar-refractivity contribution in [3.63, 3.8) is 0 Å². The molecule has 0 radical (unpaired) electrons. The maximum absolute atomic E-state index is 5.44. The van der Waals surface area contributed by atoms with Crippen molar-refractivity contribution in [3.05, 3.63) is 29.5 Å². The standard InChI is InChI=1S/C15H20N2O/c1-17(2)10-7-8-13-12(9-10)11-5-4-6-14(18-3)15(11)16-13/h4-6,10,16H,7-9H2,1-3H3/t10-/m1/s1. The summed E-state index contributed by atoms with van der Waals surface area (Å²) in [7, 11) is 6.08. The van der Waals surface area contributed by atoms with Crippen LogP contribution >= 0.6 is 0 Å². The first-order valence-electron chi connectivity index (χ1n) is 6.53. The van der Waals surface area contributed by atoms with Gasteiger partial charge in [-0.05, 0) is 45.0 Å². The SMILES string of the molecule is COc1cccc2c3c([nH]c12)CC[C@@H](N(C)C)C3. The van der Waals surface area contributed by atoms with Gasteiger partial charge in [0, 0.05) is 17.1 Å². The van der Waals surface area contributed by atoms with Crippen LogP contribution in [0.4, 0.5) is 0 Å². The van der Waals surface area contributed by atoms with Crippen LogP contribution < -0.4 is 4.74 Å². The van der Waals surface area contributed by atoms with E-state index in [2.05, 4.69) is 36.1 Å². The summed E-state index contributed by atoms with van der Waals surface area (Å²) in [4.78, 5) is 5.89. The van der Waals surface area contributed by atoms with Crippen molar-refractivity contribution in [2.75, 3.05) is 21.2 Å². The van der Waals surface area contributed by atoms with Gasteiger partial charge >= 0.3 is 0 Å². The van der Waals surface area contributed by atoms with Gasteiger partial charge in [0.05, 0.1) is 12.6 Å². The molecule has 0 aliphatic heterocycles. The maximum Gasteiger partial charge on any atom is 0.142 e. The Morgan fingerprint density at radius 3 is 2.89 bits per heavy atom. The number of H-pyrrole nitrogens is 1. The molecule has 0 saturated heterocycles. The summed E-state index contributed by atoms with van der Waals surface area (Å²) >= 11 is 0. The topological polar surface area (TPSA) is 28.3 Å². The third-order valence-corrected chi connectivity index (χ3v) is 4.11. The average Bonchev–Trinajstić information content (AvgIpc) is 2.76. The van der Waals surface area contributed by atoms with E-state index in [1.807, 2.05) is 6.07 Å². The Kier molecular flexibility index (Phi) is 2.78. The van der Waals surface area contributed by atoms with E-state index in [4.69, 9.17) is 4.74 Å². The second kappa shape index (κ2) is 4.32. The van der Waals surface area contributed by atoms with Crippen molar-refractivity contribution in [1.29, 1.82) is 0 Å². The van der Waals surface area contributed by atoms with Gasteiger partial charge in [-0.15, -0.1) is 0 Å². The van der Waals surface area contributed by atoms with Crippen LogP contribution in [0.1, 0.15) is 17.7 Å². The Labute approximate surface area is 108 Å². The lowest BCUT2D eigenvalue weighted by Crippen LogP contribution is -2.33. The molecule has 0 saturated carbocycles. The molecular weight excluding hydrogens is 224 g/mol. The van der Waals surface area contributed by atoms with E-state index in [0.29, 0.717) is 6.04 Å². The third-order valence-electron chi connectivity index (χ3n) is 4.11. The number of nitrogens with zero attached hydrogens (tertiary/aromatic N) is 1. The summed E-state index contributed by atoms with van der Waals surface area (Å²) in [5, 5.41) is 1.33. The van der Waals surface area contributed by atoms with E-state index < -0.39 is 0 Å². The van der Waals surface area contributed by atoms with Gasteiger partial charge in [0.25, 0.3) is 0 Å². The molecule has 1 aromatic heterocycles. The van der Waals surface area contributed by atoms with Crippen molar-refractivity contribution in [1.82, 2.24) is 9.88 Å². The number of fused-ring (bicyclic) bond motifs is 3. The maximum atomic E-state index is 5.44. The van der Waals surface area contributed by atoms with Crippen LogP contribution in [0.25, 0.3) is 10.9 Å². The Morgan fingerprint density at radius 2 is 2.17 bits per heavy atom. The van der Waals surface area contributed by atoms with Crippen molar-refractivity contribution < 1.29 is 4.74 Å². The molecule has 1 heterocycles. The highest BCUT2D eigenvalue weighted by Crippen LogP contribution is 2.34. The number of hydrogen-bond donors (Lipinski definition) is 1. The summed E-state index contributed by atoms with van der Waals surface area (Å²) in [6, 6.07) is 6.95. The normalized spacial score (nSPS) is 19.2. The zero-order valence-electron chi connectivity index (χ0n) is 11.3. The van der Waals surface area contributed by atoms with Gasteiger partial charge in [0.1, 0.15) is 5.75 Å². The van der Waals surface area contributed by atoms with Gasteiger partial charge in [-0.1, -0.05) is 12.1 Å². The second-order valence-corrected chi connectivity index (χ2v) is 5.33. The van der Waals surface area contributed by atoms with E-state index in [9.17, 15) is 0 Å². The van der Waals surface area contributed by atoms with Crippen LogP contribution in [0, 0.1) is 0 Å². The van der Waals surface area contributed by atoms with Gasteiger partial charge < -0.3 is 14.6 Å². The van der Waals surface area contributed by atoms with Crippen molar-refractivity contribution in [3.8, 4) is 5.75 Å². The van der Waals surface area contributed by atoms with E-state index in [0.717, 1.165) is 24.1 Å². The predicted octanol–water partition coefficient (Wildman–Crippen LogP) is 2.60.